The predicted molar refractivity (Wildman–Crippen MR) is 62.8 cm³/mol. The molecule has 1 aliphatic rings. The number of nitrogens with two attached hydrogens (primary N) is 1. The van der Waals surface area contributed by atoms with Gasteiger partial charge in [0.25, 0.3) is 0 Å². The number of nitrogens with one attached hydrogen (secondary N) is 2. The second kappa shape index (κ2) is 5.58. The van der Waals surface area contributed by atoms with E-state index in [0.29, 0.717) is 31.7 Å². The average molecular weight is 252 g/mol. The first-order chi connectivity index (χ1) is 8.68. The molecule has 1 amide bonds. The summed E-state index contributed by atoms with van der Waals surface area (Å²) in [6.45, 7) is 2.60. The zero-order valence-electron chi connectivity index (χ0n) is 9.98. The monoisotopic (exact) mass is 252 g/mol. The smallest absolute Gasteiger partial charge is 0.222 e. The van der Waals surface area contributed by atoms with Gasteiger partial charge in [-0.05, 0) is 11.6 Å². The van der Waals surface area contributed by atoms with Crippen LogP contribution in [-0.2, 0) is 11.3 Å². The van der Waals surface area contributed by atoms with Gasteiger partial charge < -0.3 is 16.0 Å². The lowest BCUT2D eigenvalue weighted by atomic mass is 10.3. The Morgan fingerprint density at radius 1 is 1.56 bits per heavy atom. The van der Waals surface area contributed by atoms with E-state index in [4.69, 9.17) is 11.1 Å². The number of hydrogen-bond donors (Lipinski definition) is 3. The molecule has 0 atom stereocenters. The summed E-state index contributed by atoms with van der Waals surface area (Å²) in [5.41, 5.74) is 6.09. The van der Waals surface area contributed by atoms with Crippen LogP contribution in [0.5, 0.6) is 0 Å². The van der Waals surface area contributed by atoms with Gasteiger partial charge in [-0.25, -0.2) is 4.63 Å². The Morgan fingerprint density at radius 3 is 3.06 bits per heavy atom. The summed E-state index contributed by atoms with van der Waals surface area (Å²) in [6.07, 6.45) is 1.60. The van der Waals surface area contributed by atoms with Crippen molar-refractivity contribution in [1.82, 2.24) is 20.5 Å². The molecule has 0 aliphatic carbocycles. The van der Waals surface area contributed by atoms with Crippen LogP contribution in [0.15, 0.2) is 4.63 Å². The van der Waals surface area contributed by atoms with Crippen LogP contribution in [0.4, 0.5) is 0 Å². The maximum atomic E-state index is 11.4. The van der Waals surface area contributed by atoms with Crippen LogP contribution in [0.3, 0.4) is 0 Å². The largest absolute Gasteiger partial charge is 0.382 e. The molecule has 8 nitrogen and oxygen atoms in total. The maximum Gasteiger partial charge on any atom is 0.222 e. The molecule has 8 heteroatoms. The number of nitrogens with zero attached hydrogens (tertiary/aromatic N) is 3. The van der Waals surface area contributed by atoms with Crippen LogP contribution >= 0.6 is 0 Å². The van der Waals surface area contributed by atoms with Gasteiger partial charge in [-0.2, -0.15) is 0 Å². The minimum atomic E-state index is -0.164. The van der Waals surface area contributed by atoms with Crippen molar-refractivity contribution in [3.63, 3.8) is 0 Å². The van der Waals surface area contributed by atoms with E-state index in [1.165, 1.54) is 0 Å². The number of carbonyl (C=O) groups excluding carboxylic acids is 1. The normalized spacial score (nSPS) is 15.3. The topological polar surface area (TPSA) is 121 Å². The highest BCUT2D eigenvalue weighted by atomic mass is 16.6. The van der Waals surface area contributed by atoms with Crippen molar-refractivity contribution in [3.05, 3.63) is 11.4 Å². The maximum absolute atomic E-state index is 11.4. The summed E-state index contributed by atoms with van der Waals surface area (Å²) >= 11 is 0. The van der Waals surface area contributed by atoms with Crippen molar-refractivity contribution in [2.75, 3.05) is 19.6 Å². The Morgan fingerprint density at radius 2 is 2.39 bits per heavy atom. The molecule has 1 fully saturated rings. The molecule has 0 bridgehead atoms. The quantitative estimate of drug-likeness (QED) is 0.341. The molecule has 0 spiro atoms. The molecule has 1 aromatic rings. The first-order valence-corrected chi connectivity index (χ1v) is 5.83. The second-order valence-corrected chi connectivity index (χ2v) is 4.13. The molecule has 1 aliphatic heterocycles. The van der Waals surface area contributed by atoms with Gasteiger partial charge in [0.1, 0.15) is 11.5 Å². The highest BCUT2D eigenvalue weighted by Crippen LogP contribution is 2.08. The Hall–Kier alpha value is -1.96. The Kier molecular flexibility index (Phi) is 3.88. The lowest BCUT2D eigenvalue weighted by Crippen LogP contribution is -2.33. The van der Waals surface area contributed by atoms with Crippen LogP contribution in [0, 0.1) is 5.41 Å². The first kappa shape index (κ1) is 12.5. The van der Waals surface area contributed by atoms with Gasteiger partial charge in [-0.15, -0.1) is 0 Å². The van der Waals surface area contributed by atoms with E-state index in [2.05, 4.69) is 20.3 Å². The molecule has 1 saturated heterocycles. The summed E-state index contributed by atoms with van der Waals surface area (Å²) in [4.78, 5) is 13.2. The standard InChI is InChI=1S/C10H16N6O2/c11-10(12)9-7(14-18-15-9)6-13-3-5-16-4-1-2-8(16)17/h13H,1-6H2,(H3,11,12). The molecule has 0 saturated carbocycles. The van der Waals surface area contributed by atoms with Crippen molar-refractivity contribution >= 4 is 11.7 Å². The van der Waals surface area contributed by atoms with Crippen molar-refractivity contribution in [3.8, 4) is 0 Å². The Labute approximate surface area is 104 Å². The van der Waals surface area contributed by atoms with Crippen molar-refractivity contribution in [2.24, 2.45) is 5.73 Å². The average Bonchev–Trinajstić information content (AvgIpc) is 2.94. The third kappa shape index (κ3) is 2.83. The molecule has 0 radical (unpaired) electrons. The number of nitrogen functional groups attached to an aromatic ring is 1. The third-order valence-electron chi connectivity index (χ3n) is 2.83. The van der Waals surface area contributed by atoms with Crippen LogP contribution in [0.1, 0.15) is 24.2 Å². The van der Waals surface area contributed by atoms with Gasteiger partial charge >= 0.3 is 0 Å². The van der Waals surface area contributed by atoms with Crippen LogP contribution in [-0.4, -0.2) is 46.6 Å². The van der Waals surface area contributed by atoms with Crippen LogP contribution in [0.2, 0.25) is 0 Å². The van der Waals surface area contributed by atoms with Gasteiger partial charge in [0.2, 0.25) is 5.91 Å². The summed E-state index contributed by atoms with van der Waals surface area (Å²) in [5, 5.41) is 17.6. The van der Waals surface area contributed by atoms with Crippen LogP contribution in [0.25, 0.3) is 0 Å². The number of rotatable bonds is 6. The van der Waals surface area contributed by atoms with Gasteiger partial charge in [0.05, 0.1) is 0 Å². The van der Waals surface area contributed by atoms with Gasteiger partial charge in [0.15, 0.2) is 5.69 Å². The van der Waals surface area contributed by atoms with E-state index in [0.717, 1.165) is 13.0 Å². The molecule has 98 valence electrons. The minimum absolute atomic E-state index is 0.164. The fraction of sp³-hybridized carbons (Fsp3) is 0.600. The molecule has 2 heterocycles. The Balaban J connectivity index is 1.73. The zero-order chi connectivity index (χ0) is 13.0. The molecular formula is C10H16N6O2. The van der Waals surface area contributed by atoms with Crippen LogP contribution < -0.4 is 11.1 Å². The van der Waals surface area contributed by atoms with E-state index in [9.17, 15) is 4.79 Å². The predicted octanol–water partition coefficient (Wildman–Crippen LogP) is -0.934. The SMILES string of the molecule is N=C(N)c1nonc1CNCCN1CCCC1=O. The summed E-state index contributed by atoms with van der Waals surface area (Å²) in [5.74, 6) is 0.0482. The van der Waals surface area contributed by atoms with E-state index in [1.54, 1.807) is 0 Å². The number of amidine groups is 1. The van der Waals surface area contributed by atoms with Crippen molar-refractivity contribution < 1.29 is 9.42 Å². The van der Waals surface area contributed by atoms with E-state index in [-0.39, 0.29) is 17.4 Å². The van der Waals surface area contributed by atoms with E-state index >= 15 is 0 Å². The van der Waals surface area contributed by atoms with Gasteiger partial charge in [-0.1, -0.05) is 5.16 Å². The summed E-state index contributed by atoms with van der Waals surface area (Å²) in [7, 11) is 0. The summed E-state index contributed by atoms with van der Waals surface area (Å²) in [6, 6.07) is 0. The molecule has 18 heavy (non-hydrogen) atoms. The highest BCUT2D eigenvalue weighted by molar-refractivity contribution is 5.93. The number of hydrogen-bond acceptors (Lipinski definition) is 6. The highest BCUT2D eigenvalue weighted by Gasteiger charge is 2.19. The number of aromatic nitrogens is 2. The van der Waals surface area contributed by atoms with E-state index < -0.39 is 0 Å². The number of amides is 1. The van der Waals surface area contributed by atoms with Crippen molar-refractivity contribution in [2.45, 2.75) is 19.4 Å². The second-order valence-electron chi connectivity index (χ2n) is 4.13. The third-order valence-corrected chi connectivity index (χ3v) is 2.83. The Bertz CT molecular complexity index is 443. The van der Waals surface area contributed by atoms with Crippen molar-refractivity contribution in [1.29, 1.82) is 5.41 Å². The summed E-state index contributed by atoms with van der Waals surface area (Å²) < 4.78 is 4.53. The first-order valence-electron chi connectivity index (χ1n) is 5.83. The molecule has 4 N–H and O–H groups in total. The molecular weight excluding hydrogens is 236 g/mol. The molecule has 0 unspecified atom stereocenters. The van der Waals surface area contributed by atoms with Gasteiger partial charge in [-0.3, -0.25) is 10.2 Å². The minimum Gasteiger partial charge on any atom is -0.382 e. The number of carbonyl (C=O) groups is 1. The van der Waals surface area contributed by atoms with Gasteiger partial charge in [0, 0.05) is 32.6 Å². The number of likely N-dealkylation sites (tertiary alicyclic amines) is 1. The lowest BCUT2D eigenvalue weighted by Gasteiger charge is -2.15. The molecule has 0 aromatic carbocycles. The molecule has 1 aromatic heterocycles. The fourth-order valence-electron chi connectivity index (χ4n) is 1.89. The van der Waals surface area contributed by atoms with E-state index in [1.807, 2.05) is 4.90 Å². The fourth-order valence-corrected chi connectivity index (χ4v) is 1.89. The lowest BCUT2D eigenvalue weighted by molar-refractivity contribution is -0.127. The zero-order valence-corrected chi connectivity index (χ0v) is 9.98. The molecule has 2 rings (SSSR count).